The molecule has 21 heavy (non-hydrogen) atoms. The molecule has 0 aliphatic rings. The highest BCUT2D eigenvalue weighted by Gasteiger charge is 2.27. The number of sulfonamides is 1. The number of carbonyl (C=O) groups is 1. The molecule has 0 saturated carbocycles. The Bertz CT molecular complexity index is 608. The average Bonchev–Trinajstić information content (AvgIpc) is 2.24. The fraction of sp³-hybridized carbons (Fsp3) is 0.500. The summed E-state index contributed by atoms with van der Waals surface area (Å²) in [6.07, 6.45) is 0.129. The van der Waals surface area contributed by atoms with Gasteiger partial charge in [0.25, 0.3) is 0 Å². The van der Waals surface area contributed by atoms with E-state index in [1.807, 2.05) is 20.8 Å². The number of rotatable bonds is 6. The highest BCUT2D eigenvalue weighted by molar-refractivity contribution is 7.89. The number of benzene rings is 1. The molecule has 0 aliphatic heterocycles. The van der Waals surface area contributed by atoms with Crippen LogP contribution in [0.3, 0.4) is 0 Å². The standard InChI is InChI=1S/C14H20ClNO4S/c1-14(2,3)9-10(8-13(17)18)16-21(19,20)12-7-5-4-6-11(12)15/h4-7,10,16H,8-9H2,1-3H3,(H,17,18). The molecule has 7 heteroatoms. The lowest BCUT2D eigenvalue weighted by atomic mass is 9.87. The Morgan fingerprint density at radius 3 is 2.38 bits per heavy atom. The van der Waals surface area contributed by atoms with Gasteiger partial charge in [0.05, 0.1) is 11.4 Å². The molecule has 1 aromatic rings. The van der Waals surface area contributed by atoms with Crippen molar-refractivity contribution in [2.75, 3.05) is 0 Å². The van der Waals surface area contributed by atoms with Gasteiger partial charge in [-0.1, -0.05) is 44.5 Å². The SMILES string of the molecule is CC(C)(C)CC(CC(=O)O)NS(=O)(=O)c1ccccc1Cl. The number of aliphatic carboxylic acids is 1. The molecular formula is C14H20ClNO4S. The van der Waals surface area contributed by atoms with Crippen molar-refractivity contribution in [2.24, 2.45) is 5.41 Å². The Kier molecular flexibility index (Phi) is 5.78. The van der Waals surface area contributed by atoms with Crippen LogP contribution >= 0.6 is 11.6 Å². The van der Waals surface area contributed by atoms with Gasteiger partial charge in [0.15, 0.2) is 0 Å². The first-order valence-corrected chi connectivity index (χ1v) is 8.36. The first kappa shape index (κ1) is 17.9. The molecule has 118 valence electrons. The van der Waals surface area contributed by atoms with Gasteiger partial charge in [-0.15, -0.1) is 0 Å². The molecule has 0 saturated heterocycles. The van der Waals surface area contributed by atoms with Crippen LogP contribution in [0.4, 0.5) is 0 Å². The van der Waals surface area contributed by atoms with E-state index in [-0.39, 0.29) is 21.8 Å². The molecule has 2 N–H and O–H groups in total. The summed E-state index contributed by atoms with van der Waals surface area (Å²) in [6, 6.07) is 5.37. The van der Waals surface area contributed by atoms with Crippen LogP contribution in [0.15, 0.2) is 29.2 Å². The lowest BCUT2D eigenvalue weighted by Gasteiger charge is -2.25. The first-order valence-electron chi connectivity index (χ1n) is 6.50. The molecule has 1 rings (SSSR count). The van der Waals surface area contributed by atoms with Gasteiger partial charge in [-0.3, -0.25) is 4.79 Å². The number of carboxylic acid groups (broad SMARTS) is 1. The third-order valence-corrected chi connectivity index (χ3v) is 4.75. The Hall–Kier alpha value is -1.11. The van der Waals surface area contributed by atoms with Gasteiger partial charge < -0.3 is 5.11 Å². The Morgan fingerprint density at radius 1 is 1.33 bits per heavy atom. The third kappa shape index (κ3) is 6.03. The Labute approximate surface area is 130 Å². The van der Waals surface area contributed by atoms with Crippen molar-refractivity contribution in [3.8, 4) is 0 Å². The van der Waals surface area contributed by atoms with Crippen LogP contribution in [0.2, 0.25) is 5.02 Å². The van der Waals surface area contributed by atoms with Crippen LogP contribution in [0.1, 0.15) is 33.6 Å². The molecule has 0 fully saturated rings. The van der Waals surface area contributed by atoms with E-state index in [4.69, 9.17) is 16.7 Å². The highest BCUT2D eigenvalue weighted by Crippen LogP contribution is 2.25. The predicted molar refractivity (Wildman–Crippen MR) is 81.9 cm³/mol. The van der Waals surface area contributed by atoms with Crippen molar-refractivity contribution in [1.29, 1.82) is 0 Å². The number of halogens is 1. The monoisotopic (exact) mass is 333 g/mol. The van der Waals surface area contributed by atoms with Crippen LogP contribution < -0.4 is 4.72 Å². The number of nitrogens with one attached hydrogen (secondary N) is 1. The predicted octanol–water partition coefficient (Wildman–Crippen LogP) is 2.90. The van der Waals surface area contributed by atoms with Crippen molar-refractivity contribution in [2.45, 2.75) is 44.6 Å². The molecule has 0 aromatic heterocycles. The molecule has 0 aliphatic carbocycles. The molecule has 1 atom stereocenters. The van der Waals surface area contributed by atoms with Crippen molar-refractivity contribution in [1.82, 2.24) is 4.72 Å². The van der Waals surface area contributed by atoms with Crippen LogP contribution in [0, 0.1) is 5.41 Å². The van der Waals surface area contributed by atoms with Gasteiger partial charge in [0.2, 0.25) is 10.0 Å². The van der Waals surface area contributed by atoms with Gasteiger partial charge >= 0.3 is 5.97 Å². The molecule has 0 spiro atoms. The molecule has 1 aromatic carbocycles. The maximum absolute atomic E-state index is 12.3. The topological polar surface area (TPSA) is 83.5 Å². The summed E-state index contributed by atoms with van der Waals surface area (Å²) in [7, 11) is -3.85. The smallest absolute Gasteiger partial charge is 0.304 e. The van der Waals surface area contributed by atoms with Crippen LogP contribution in [0.5, 0.6) is 0 Å². The van der Waals surface area contributed by atoms with Crippen molar-refractivity contribution in [3.05, 3.63) is 29.3 Å². The summed E-state index contributed by atoms with van der Waals surface area (Å²) in [5.41, 5.74) is -0.205. The quantitative estimate of drug-likeness (QED) is 0.838. The van der Waals surface area contributed by atoms with Gasteiger partial charge in [0.1, 0.15) is 4.90 Å². The van der Waals surface area contributed by atoms with E-state index in [0.717, 1.165) is 0 Å². The molecular weight excluding hydrogens is 314 g/mol. The number of hydrogen-bond acceptors (Lipinski definition) is 3. The summed E-state index contributed by atoms with van der Waals surface area (Å²) >= 11 is 5.90. The lowest BCUT2D eigenvalue weighted by molar-refractivity contribution is -0.137. The molecule has 0 radical (unpaired) electrons. The first-order chi connectivity index (χ1) is 9.51. The highest BCUT2D eigenvalue weighted by atomic mass is 35.5. The zero-order chi connectivity index (χ0) is 16.3. The van der Waals surface area contributed by atoms with Gasteiger partial charge in [-0.2, -0.15) is 0 Å². The minimum absolute atomic E-state index is 0.0454. The lowest BCUT2D eigenvalue weighted by Crippen LogP contribution is -2.39. The second-order valence-electron chi connectivity index (χ2n) is 6.11. The van der Waals surface area contributed by atoms with E-state index in [2.05, 4.69) is 4.72 Å². The maximum Gasteiger partial charge on any atom is 0.304 e. The van der Waals surface area contributed by atoms with Crippen molar-refractivity contribution >= 4 is 27.6 Å². The van der Waals surface area contributed by atoms with E-state index >= 15 is 0 Å². The Balaban J connectivity index is 3.01. The van der Waals surface area contributed by atoms with E-state index in [1.165, 1.54) is 12.1 Å². The number of hydrogen-bond donors (Lipinski definition) is 2. The second kappa shape index (κ2) is 6.77. The summed E-state index contributed by atoms with van der Waals surface area (Å²) in [5, 5.41) is 9.05. The average molecular weight is 334 g/mol. The zero-order valence-electron chi connectivity index (χ0n) is 12.3. The fourth-order valence-corrected chi connectivity index (χ4v) is 3.81. The second-order valence-corrected chi connectivity index (χ2v) is 8.20. The summed E-state index contributed by atoms with van der Waals surface area (Å²) < 4.78 is 27.1. The summed E-state index contributed by atoms with van der Waals surface area (Å²) in [5.74, 6) is -1.05. The van der Waals surface area contributed by atoms with Crippen LogP contribution in [-0.2, 0) is 14.8 Å². The molecule has 5 nitrogen and oxygen atoms in total. The van der Waals surface area contributed by atoms with Gasteiger partial charge in [-0.25, -0.2) is 13.1 Å². The maximum atomic E-state index is 12.3. The molecule has 0 bridgehead atoms. The molecule has 0 heterocycles. The third-order valence-electron chi connectivity index (χ3n) is 2.73. The van der Waals surface area contributed by atoms with Crippen molar-refractivity contribution < 1.29 is 18.3 Å². The van der Waals surface area contributed by atoms with Crippen LogP contribution in [0.25, 0.3) is 0 Å². The van der Waals surface area contributed by atoms with E-state index in [1.54, 1.807) is 12.1 Å². The number of carboxylic acids is 1. The van der Waals surface area contributed by atoms with Crippen molar-refractivity contribution in [3.63, 3.8) is 0 Å². The fourth-order valence-electron chi connectivity index (χ4n) is 2.05. The normalized spacial score (nSPS) is 13.9. The Morgan fingerprint density at radius 2 is 1.90 bits per heavy atom. The van der Waals surface area contributed by atoms with Crippen LogP contribution in [-0.4, -0.2) is 25.5 Å². The van der Waals surface area contributed by atoms with E-state index < -0.39 is 22.0 Å². The van der Waals surface area contributed by atoms with Gasteiger partial charge in [0, 0.05) is 6.04 Å². The minimum atomic E-state index is -3.85. The minimum Gasteiger partial charge on any atom is -0.481 e. The van der Waals surface area contributed by atoms with Gasteiger partial charge in [-0.05, 0) is 24.0 Å². The zero-order valence-corrected chi connectivity index (χ0v) is 13.8. The van der Waals surface area contributed by atoms with E-state index in [0.29, 0.717) is 6.42 Å². The van der Waals surface area contributed by atoms with E-state index in [9.17, 15) is 13.2 Å². The largest absolute Gasteiger partial charge is 0.481 e. The molecule has 1 unspecified atom stereocenters. The molecule has 0 amide bonds. The summed E-state index contributed by atoms with van der Waals surface area (Å²) in [4.78, 5) is 10.9. The summed E-state index contributed by atoms with van der Waals surface area (Å²) in [6.45, 7) is 5.77.